The number of benzene rings is 1. The van der Waals surface area contributed by atoms with Gasteiger partial charge in [0.25, 0.3) is 5.91 Å². The summed E-state index contributed by atoms with van der Waals surface area (Å²) >= 11 is 5.25. The predicted octanol–water partition coefficient (Wildman–Crippen LogP) is 1.39. The van der Waals surface area contributed by atoms with Crippen LogP contribution in [0, 0.1) is 0 Å². The van der Waals surface area contributed by atoms with E-state index in [1.807, 2.05) is 0 Å². The topological polar surface area (TPSA) is 88.1 Å². The number of ether oxygens (including phenoxy) is 2. The number of carbonyl (C=O) groups is 2. The fourth-order valence-electron chi connectivity index (χ4n) is 2.76. The summed E-state index contributed by atoms with van der Waals surface area (Å²) in [6.45, 7) is 0.689. The first-order valence-electron chi connectivity index (χ1n) is 7.94. The van der Waals surface area contributed by atoms with Gasteiger partial charge in [0.05, 0.1) is 12.6 Å². The predicted molar refractivity (Wildman–Crippen MR) is 94.0 cm³/mol. The van der Waals surface area contributed by atoms with Gasteiger partial charge in [-0.15, -0.1) is 0 Å². The van der Waals surface area contributed by atoms with Crippen molar-refractivity contribution >= 4 is 35.3 Å². The van der Waals surface area contributed by atoms with Gasteiger partial charge in [-0.1, -0.05) is 18.2 Å². The Hall–Kier alpha value is -2.45. The quantitative estimate of drug-likeness (QED) is 0.584. The van der Waals surface area contributed by atoms with Gasteiger partial charge in [-0.3, -0.25) is 9.69 Å². The molecular weight excluding hydrogens is 344 g/mol. The number of para-hydroxylation sites is 1. The van der Waals surface area contributed by atoms with Crippen molar-refractivity contribution in [3.63, 3.8) is 0 Å². The molecule has 0 unspecified atom stereocenters. The second-order valence-corrected chi connectivity index (χ2v) is 6.15. The van der Waals surface area contributed by atoms with E-state index in [2.05, 4.69) is 5.32 Å². The number of carboxylic acids is 1. The van der Waals surface area contributed by atoms with E-state index in [1.54, 1.807) is 30.3 Å². The molecule has 1 aromatic rings. The van der Waals surface area contributed by atoms with Crippen LogP contribution in [0.5, 0.6) is 5.75 Å². The highest BCUT2D eigenvalue weighted by Gasteiger charge is 2.33. The second-order valence-electron chi connectivity index (χ2n) is 5.76. The molecule has 1 aromatic carbocycles. The van der Waals surface area contributed by atoms with Gasteiger partial charge in [-0.25, -0.2) is 4.79 Å². The van der Waals surface area contributed by atoms with Gasteiger partial charge < -0.3 is 19.9 Å². The maximum absolute atomic E-state index is 12.6. The summed E-state index contributed by atoms with van der Waals surface area (Å²) in [5.74, 6) is -0.912. The van der Waals surface area contributed by atoms with Crippen LogP contribution in [0.3, 0.4) is 0 Å². The first-order chi connectivity index (χ1) is 12.0. The lowest BCUT2D eigenvalue weighted by Crippen LogP contribution is -2.37. The average Bonchev–Trinajstić information content (AvgIpc) is 3.18. The Morgan fingerprint density at radius 2 is 2.28 bits per heavy atom. The van der Waals surface area contributed by atoms with Crippen LogP contribution < -0.4 is 10.1 Å². The number of aliphatic carboxylic acids is 1. The zero-order valence-corrected chi connectivity index (χ0v) is 14.3. The van der Waals surface area contributed by atoms with Crippen molar-refractivity contribution in [2.45, 2.75) is 18.9 Å². The van der Waals surface area contributed by atoms with Crippen molar-refractivity contribution in [1.82, 2.24) is 10.2 Å². The van der Waals surface area contributed by atoms with Gasteiger partial charge in [0.15, 0.2) is 11.7 Å². The van der Waals surface area contributed by atoms with Gasteiger partial charge in [-0.2, -0.15) is 0 Å². The molecule has 132 valence electrons. The molecule has 0 radical (unpaired) electrons. The third-order valence-corrected chi connectivity index (χ3v) is 4.26. The van der Waals surface area contributed by atoms with E-state index in [1.165, 1.54) is 4.90 Å². The number of nitrogens with zero attached hydrogens (tertiary/aromatic N) is 1. The summed E-state index contributed by atoms with van der Waals surface area (Å²) < 4.78 is 10.8. The van der Waals surface area contributed by atoms with Crippen LogP contribution in [-0.4, -0.2) is 52.9 Å². The highest BCUT2D eigenvalue weighted by Crippen LogP contribution is 2.23. The van der Waals surface area contributed by atoms with Crippen molar-refractivity contribution in [3.05, 3.63) is 35.5 Å². The molecule has 2 N–H and O–H groups in total. The number of carbonyl (C=O) groups excluding carboxylic acids is 1. The summed E-state index contributed by atoms with van der Waals surface area (Å²) in [5, 5.41) is 12.0. The SMILES string of the molecule is O=C(O)COc1ccccc1/C=C1\NC(=S)N(C[C@@H]2CCCO2)C1=O. The Balaban J connectivity index is 1.76. The minimum absolute atomic E-state index is 0.00855. The van der Waals surface area contributed by atoms with E-state index in [0.717, 1.165) is 12.8 Å². The van der Waals surface area contributed by atoms with Crippen LogP contribution in [0.4, 0.5) is 0 Å². The fraction of sp³-hybridized carbons (Fsp3) is 0.353. The van der Waals surface area contributed by atoms with Crippen LogP contribution >= 0.6 is 12.2 Å². The lowest BCUT2D eigenvalue weighted by Gasteiger charge is -2.18. The molecule has 0 spiro atoms. The molecule has 3 rings (SSSR count). The number of carboxylic acid groups (broad SMARTS) is 1. The lowest BCUT2D eigenvalue weighted by molar-refractivity contribution is -0.139. The van der Waals surface area contributed by atoms with Crippen molar-refractivity contribution in [3.8, 4) is 5.75 Å². The normalized spacial score (nSPS) is 21.7. The van der Waals surface area contributed by atoms with Crippen LogP contribution in [0.15, 0.2) is 30.0 Å². The van der Waals surface area contributed by atoms with E-state index in [0.29, 0.717) is 35.3 Å². The molecule has 2 fully saturated rings. The smallest absolute Gasteiger partial charge is 0.341 e. The Labute approximate surface area is 150 Å². The Morgan fingerprint density at radius 3 is 3.00 bits per heavy atom. The third kappa shape index (κ3) is 4.15. The van der Waals surface area contributed by atoms with Gasteiger partial charge in [0.2, 0.25) is 0 Å². The van der Waals surface area contributed by atoms with Crippen molar-refractivity contribution < 1.29 is 24.2 Å². The molecule has 0 aliphatic carbocycles. The van der Waals surface area contributed by atoms with E-state index < -0.39 is 12.6 Å². The fourth-order valence-corrected chi connectivity index (χ4v) is 3.02. The Morgan fingerprint density at radius 1 is 1.48 bits per heavy atom. The van der Waals surface area contributed by atoms with Gasteiger partial charge in [0, 0.05) is 12.2 Å². The summed E-state index contributed by atoms with van der Waals surface area (Å²) in [4.78, 5) is 24.8. The summed E-state index contributed by atoms with van der Waals surface area (Å²) in [7, 11) is 0. The number of hydrogen-bond donors (Lipinski definition) is 2. The van der Waals surface area contributed by atoms with Crippen LogP contribution in [-0.2, 0) is 14.3 Å². The third-order valence-electron chi connectivity index (χ3n) is 3.94. The van der Waals surface area contributed by atoms with E-state index in [-0.39, 0.29) is 12.0 Å². The summed E-state index contributed by atoms with van der Waals surface area (Å²) in [6.07, 6.45) is 3.52. The minimum atomic E-state index is -1.07. The number of thiocarbonyl (C=S) groups is 1. The Kier molecular flexibility index (Phi) is 5.30. The summed E-state index contributed by atoms with van der Waals surface area (Å²) in [6, 6.07) is 6.90. The van der Waals surface area contributed by atoms with Crippen LogP contribution in [0.1, 0.15) is 18.4 Å². The number of amides is 1. The number of rotatable bonds is 6. The maximum Gasteiger partial charge on any atom is 0.341 e. The number of nitrogens with one attached hydrogen (secondary N) is 1. The molecule has 1 atom stereocenters. The molecule has 2 saturated heterocycles. The molecular formula is C17H18N2O5S. The highest BCUT2D eigenvalue weighted by atomic mass is 32.1. The molecule has 25 heavy (non-hydrogen) atoms. The van der Waals surface area contributed by atoms with Gasteiger partial charge >= 0.3 is 5.97 Å². The molecule has 2 aliphatic heterocycles. The van der Waals surface area contributed by atoms with Crippen molar-refractivity contribution in [2.75, 3.05) is 19.8 Å². The second kappa shape index (κ2) is 7.62. The monoisotopic (exact) mass is 362 g/mol. The highest BCUT2D eigenvalue weighted by molar-refractivity contribution is 7.80. The first kappa shape index (κ1) is 17.4. The van der Waals surface area contributed by atoms with E-state index in [9.17, 15) is 9.59 Å². The van der Waals surface area contributed by atoms with Gasteiger partial charge in [0.1, 0.15) is 11.4 Å². The van der Waals surface area contributed by atoms with Crippen LogP contribution in [0.25, 0.3) is 6.08 Å². The zero-order valence-electron chi connectivity index (χ0n) is 13.4. The molecule has 0 saturated carbocycles. The largest absolute Gasteiger partial charge is 0.481 e. The molecule has 1 amide bonds. The van der Waals surface area contributed by atoms with E-state index >= 15 is 0 Å². The van der Waals surface area contributed by atoms with E-state index in [4.69, 9.17) is 26.8 Å². The van der Waals surface area contributed by atoms with Crippen molar-refractivity contribution in [2.24, 2.45) is 0 Å². The lowest BCUT2D eigenvalue weighted by atomic mass is 10.1. The average molecular weight is 362 g/mol. The molecule has 0 aromatic heterocycles. The van der Waals surface area contributed by atoms with Gasteiger partial charge in [-0.05, 0) is 37.2 Å². The molecule has 0 bridgehead atoms. The molecule has 8 heteroatoms. The first-order valence-corrected chi connectivity index (χ1v) is 8.35. The molecule has 7 nitrogen and oxygen atoms in total. The standard InChI is InChI=1S/C17H18N2O5S/c20-15(21)10-24-14-6-2-1-4-11(14)8-13-16(22)19(17(25)18-13)9-12-5-3-7-23-12/h1-2,4,6,8,12H,3,5,7,9-10H2,(H,18,25)(H,20,21)/b13-8-/t12-/m0/s1. The zero-order chi connectivity index (χ0) is 17.8. The maximum atomic E-state index is 12.6. The minimum Gasteiger partial charge on any atom is -0.481 e. The molecule has 2 heterocycles. The summed E-state index contributed by atoms with van der Waals surface area (Å²) in [5.41, 5.74) is 0.927. The molecule has 2 aliphatic rings. The number of hydrogen-bond acceptors (Lipinski definition) is 5. The van der Waals surface area contributed by atoms with Crippen molar-refractivity contribution in [1.29, 1.82) is 0 Å². The Bertz CT molecular complexity index is 728. The van der Waals surface area contributed by atoms with Crippen LogP contribution in [0.2, 0.25) is 0 Å².